The molecule has 1 N–H and O–H groups in total. The minimum atomic E-state index is 0.0479. The summed E-state index contributed by atoms with van der Waals surface area (Å²) in [4.78, 5) is 17.4. The number of benzene rings is 4. The lowest BCUT2D eigenvalue weighted by molar-refractivity contribution is -0.120. The predicted molar refractivity (Wildman–Crippen MR) is 152 cm³/mol. The minimum absolute atomic E-state index is 0.0479. The molecule has 5 aromatic rings. The monoisotopic (exact) mass is 485 g/mol. The third kappa shape index (κ3) is 6.42. The maximum atomic E-state index is 12.5. The number of amides is 1. The van der Waals surface area contributed by atoms with Gasteiger partial charge in [-0.3, -0.25) is 4.79 Å². The second-order valence-electron chi connectivity index (χ2n) is 9.13. The maximum absolute atomic E-state index is 12.5. The SMILES string of the molecule is O=C(Cc1ccc(-c2ccccc2)cc1)NCCCc1nc2ccccc2n1C/C=C/c1ccccc1. The fourth-order valence-electron chi connectivity index (χ4n) is 4.55. The van der Waals surface area contributed by atoms with Crippen molar-refractivity contribution < 1.29 is 4.79 Å². The first-order valence-corrected chi connectivity index (χ1v) is 12.8. The zero-order valence-electron chi connectivity index (χ0n) is 20.9. The summed E-state index contributed by atoms with van der Waals surface area (Å²) in [6.45, 7) is 1.39. The summed E-state index contributed by atoms with van der Waals surface area (Å²) >= 11 is 0. The lowest BCUT2D eigenvalue weighted by atomic mass is 10.0. The largest absolute Gasteiger partial charge is 0.356 e. The van der Waals surface area contributed by atoms with Crippen LogP contribution in [0.15, 0.2) is 115 Å². The van der Waals surface area contributed by atoms with Crippen LogP contribution in [0, 0.1) is 0 Å². The zero-order valence-corrected chi connectivity index (χ0v) is 20.9. The third-order valence-electron chi connectivity index (χ3n) is 6.46. The van der Waals surface area contributed by atoms with Crippen LogP contribution in [-0.2, 0) is 24.2 Å². The van der Waals surface area contributed by atoms with Gasteiger partial charge in [0.2, 0.25) is 5.91 Å². The number of nitrogens with one attached hydrogen (secondary N) is 1. The van der Waals surface area contributed by atoms with Crippen molar-refractivity contribution in [3.63, 3.8) is 0 Å². The maximum Gasteiger partial charge on any atom is 0.224 e. The van der Waals surface area contributed by atoms with Gasteiger partial charge in [-0.1, -0.05) is 109 Å². The molecule has 1 heterocycles. The molecule has 5 rings (SSSR count). The molecule has 0 bridgehead atoms. The van der Waals surface area contributed by atoms with Crippen molar-refractivity contribution in [2.45, 2.75) is 25.8 Å². The Morgan fingerprint density at radius 1 is 0.784 bits per heavy atom. The van der Waals surface area contributed by atoms with E-state index in [0.717, 1.165) is 47.4 Å². The molecule has 0 aliphatic carbocycles. The first-order chi connectivity index (χ1) is 18.3. The van der Waals surface area contributed by atoms with E-state index in [1.807, 2.05) is 54.6 Å². The highest BCUT2D eigenvalue weighted by atomic mass is 16.1. The lowest BCUT2D eigenvalue weighted by Gasteiger charge is -2.08. The molecule has 4 nitrogen and oxygen atoms in total. The van der Waals surface area contributed by atoms with Crippen LogP contribution in [-0.4, -0.2) is 22.0 Å². The van der Waals surface area contributed by atoms with E-state index in [1.165, 1.54) is 11.1 Å². The molecule has 4 aromatic carbocycles. The van der Waals surface area contributed by atoms with Gasteiger partial charge in [0.05, 0.1) is 17.5 Å². The van der Waals surface area contributed by atoms with Crippen LogP contribution in [0.4, 0.5) is 0 Å². The molecule has 0 fully saturated rings. The molecule has 1 amide bonds. The Balaban J connectivity index is 1.14. The van der Waals surface area contributed by atoms with Crippen LogP contribution < -0.4 is 5.32 Å². The number of hydrogen-bond acceptors (Lipinski definition) is 2. The van der Waals surface area contributed by atoms with Crippen molar-refractivity contribution in [3.05, 3.63) is 132 Å². The van der Waals surface area contributed by atoms with Crippen LogP contribution >= 0.6 is 0 Å². The van der Waals surface area contributed by atoms with Crippen molar-refractivity contribution in [1.29, 1.82) is 0 Å². The predicted octanol–water partition coefficient (Wildman–Crippen LogP) is 6.71. The van der Waals surface area contributed by atoms with Crippen LogP contribution in [0.25, 0.3) is 28.2 Å². The molecule has 184 valence electrons. The summed E-state index contributed by atoms with van der Waals surface area (Å²) < 4.78 is 2.27. The number of aryl methyl sites for hydroxylation is 1. The number of allylic oxidation sites excluding steroid dienone is 1. The Morgan fingerprint density at radius 3 is 2.24 bits per heavy atom. The number of para-hydroxylation sites is 2. The van der Waals surface area contributed by atoms with Gasteiger partial charge in [-0.2, -0.15) is 0 Å². The van der Waals surface area contributed by atoms with Gasteiger partial charge in [-0.05, 0) is 40.8 Å². The highest BCUT2D eigenvalue weighted by molar-refractivity contribution is 5.79. The molecule has 0 atom stereocenters. The molecule has 0 aliphatic heterocycles. The van der Waals surface area contributed by atoms with Crippen LogP contribution in [0.2, 0.25) is 0 Å². The first kappa shape index (κ1) is 24.3. The van der Waals surface area contributed by atoms with Gasteiger partial charge in [0.1, 0.15) is 5.82 Å². The molecular formula is C33H31N3O. The van der Waals surface area contributed by atoms with Crippen molar-refractivity contribution in [2.75, 3.05) is 6.54 Å². The van der Waals surface area contributed by atoms with Crippen molar-refractivity contribution in [2.24, 2.45) is 0 Å². The molecular weight excluding hydrogens is 454 g/mol. The molecule has 4 heteroatoms. The Hall–Kier alpha value is -4.44. The van der Waals surface area contributed by atoms with E-state index in [9.17, 15) is 4.79 Å². The molecule has 0 radical (unpaired) electrons. The normalized spacial score (nSPS) is 11.2. The summed E-state index contributed by atoms with van der Waals surface area (Å²) in [7, 11) is 0. The van der Waals surface area contributed by atoms with Crippen LogP contribution in [0.5, 0.6) is 0 Å². The number of carbonyl (C=O) groups is 1. The van der Waals surface area contributed by atoms with Gasteiger partial charge < -0.3 is 9.88 Å². The molecule has 0 unspecified atom stereocenters. The van der Waals surface area contributed by atoms with Crippen molar-refractivity contribution >= 4 is 23.0 Å². The Bertz CT molecular complexity index is 1470. The smallest absolute Gasteiger partial charge is 0.224 e. The van der Waals surface area contributed by atoms with Crippen LogP contribution in [0.1, 0.15) is 23.4 Å². The van der Waals surface area contributed by atoms with Gasteiger partial charge in [-0.15, -0.1) is 0 Å². The summed E-state index contributed by atoms with van der Waals surface area (Å²) in [6, 6.07) is 37.1. The molecule has 37 heavy (non-hydrogen) atoms. The number of aromatic nitrogens is 2. The van der Waals surface area contributed by atoms with Gasteiger partial charge in [0.25, 0.3) is 0 Å². The van der Waals surface area contributed by atoms with E-state index < -0.39 is 0 Å². The van der Waals surface area contributed by atoms with Crippen molar-refractivity contribution in [1.82, 2.24) is 14.9 Å². The standard InChI is InChI=1S/C33H31N3O/c37-33(25-27-19-21-29(22-20-27)28-14-5-2-6-15-28)34-23-9-18-32-35-30-16-7-8-17-31(30)36(32)24-10-13-26-11-3-1-4-12-26/h1-8,10-17,19-22H,9,18,23-25H2,(H,34,37)/b13-10+. The van der Waals surface area contributed by atoms with Crippen LogP contribution in [0.3, 0.4) is 0 Å². The van der Waals surface area contributed by atoms with E-state index in [-0.39, 0.29) is 5.91 Å². The van der Waals surface area contributed by atoms with E-state index >= 15 is 0 Å². The van der Waals surface area contributed by atoms with E-state index in [2.05, 4.69) is 76.6 Å². The summed E-state index contributed by atoms with van der Waals surface area (Å²) in [6.07, 6.45) is 6.35. The highest BCUT2D eigenvalue weighted by Gasteiger charge is 2.10. The lowest BCUT2D eigenvalue weighted by Crippen LogP contribution is -2.26. The Kier molecular flexibility index (Phi) is 7.87. The van der Waals surface area contributed by atoms with E-state index in [1.54, 1.807) is 0 Å². The topological polar surface area (TPSA) is 46.9 Å². The Morgan fingerprint density at radius 2 is 1.46 bits per heavy atom. The molecule has 1 aromatic heterocycles. The average Bonchev–Trinajstić information content (AvgIpc) is 3.30. The molecule has 0 spiro atoms. The summed E-state index contributed by atoms with van der Waals surface area (Å²) in [5.41, 5.74) is 6.69. The number of carbonyl (C=O) groups excluding carboxylic acids is 1. The summed E-state index contributed by atoms with van der Waals surface area (Å²) in [5.74, 6) is 1.09. The van der Waals surface area contributed by atoms with Gasteiger partial charge in [0.15, 0.2) is 0 Å². The van der Waals surface area contributed by atoms with E-state index in [4.69, 9.17) is 4.98 Å². The second kappa shape index (κ2) is 12.0. The average molecular weight is 486 g/mol. The minimum Gasteiger partial charge on any atom is -0.356 e. The number of rotatable bonds is 10. The fraction of sp³-hybridized carbons (Fsp3) is 0.152. The van der Waals surface area contributed by atoms with Gasteiger partial charge >= 0.3 is 0 Å². The highest BCUT2D eigenvalue weighted by Crippen LogP contribution is 2.20. The fourth-order valence-corrected chi connectivity index (χ4v) is 4.55. The molecule has 0 saturated carbocycles. The number of hydrogen-bond donors (Lipinski definition) is 1. The van der Waals surface area contributed by atoms with Gasteiger partial charge in [0, 0.05) is 19.5 Å². The third-order valence-corrected chi connectivity index (χ3v) is 6.46. The van der Waals surface area contributed by atoms with Gasteiger partial charge in [-0.25, -0.2) is 4.98 Å². The summed E-state index contributed by atoms with van der Waals surface area (Å²) in [5, 5.41) is 3.08. The zero-order chi connectivity index (χ0) is 25.3. The van der Waals surface area contributed by atoms with Crippen molar-refractivity contribution in [3.8, 4) is 11.1 Å². The first-order valence-electron chi connectivity index (χ1n) is 12.8. The number of imidazole rings is 1. The molecule has 0 saturated heterocycles. The Labute approximate surface area is 218 Å². The quantitative estimate of drug-likeness (QED) is 0.224. The van der Waals surface area contributed by atoms with E-state index in [0.29, 0.717) is 13.0 Å². The second-order valence-corrected chi connectivity index (χ2v) is 9.13. The number of fused-ring (bicyclic) bond motifs is 1. The number of nitrogens with zero attached hydrogens (tertiary/aromatic N) is 2. The molecule has 0 aliphatic rings.